The van der Waals surface area contributed by atoms with Crippen LogP contribution < -0.4 is 5.32 Å². The van der Waals surface area contributed by atoms with Crippen molar-refractivity contribution < 1.29 is 14.7 Å². The first kappa shape index (κ1) is 16.1. The molecule has 0 radical (unpaired) electrons. The van der Waals surface area contributed by atoms with Crippen molar-refractivity contribution >= 4 is 23.6 Å². The van der Waals surface area contributed by atoms with E-state index in [4.69, 9.17) is 0 Å². The third-order valence-electron chi connectivity index (χ3n) is 3.71. The van der Waals surface area contributed by atoms with Crippen LogP contribution in [0.25, 0.3) is 0 Å². The van der Waals surface area contributed by atoms with E-state index in [1.807, 2.05) is 13.0 Å². The Bertz CT molecular complexity index is 487. The van der Waals surface area contributed by atoms with Gasteiger partial charge in [-0.3, -0.25) is 9.69 Å². The van der Waals surface area contributed by atoms with Gasteiger partial charge in [-0.2, -0.15) is 0 Å². The lowest BCUT2D eigenvalue weighted by molar-refractivity contribution is -0.149. The van der Waals surface area contributed by atoms with Crippen LogP contribution in [0.5, 0.6) is 0 Å². The number of carboxylic acids is 1. The monoisotopic (exact) mass is 310 g/mol. The van der Waals surface area contributed by atoms with E-state index in [1.165, 1.54) is 4.90 Å². The average Bonchev–Trinajstić information content (AvgIpc) is 2.46. The molecule has 0 bridgehead atoms. The number of aliphatic carboxylic acids is 1. The number of fused-ring (bicyclic) bond motifs is 1. The van der Waals surface area contributed by atoms with E-state index in [1.54, 1.807) is 17.8 Å². The minimum absolute atomic E-state index is 0.0840. The first-order chi connectivity index (χ1) is 10.1. The molecule has 1 amide bonds. The Morgan fingerprint density at radius 2 is 2.29 bits per heavy atom. The molecule has 0 aromatic heterocycles. The Labute approximate surface area is 129 Å². The second-order valence-corrected chi connectivity index (χ2v) is 6.33. The van der Waals surface area contributed by atoms with Crippen molar-refractivity contribution in [2.45, 2.75) is 44.5 Å². The van der Waals surface area contributed by atoms with Gasteiger partial charge >= 0.3 is 5.97 Å². The molecule has 0 spiro atoms. The summed E-state index contributed by atoms with van der Waals surface area (Å²) in [7, 11) is 0. The largest absolute Gasteiger partial charge is 0.477 e. The van der Waals surface area contributed by atoms with Crippen molar-refractivity contribution in [2.24, 2.45) is 0 Å². The molecule has 2 aliphatic heterocycles. The van der Waals surface area contributed by atoms with Gasteiger partial charge in [-0.1, -0.05) is 31.9 Å². The number of nitrogens with one attached hydrogen (secondary N) is 1. The Morgan fingerprint density at radius 1 is 1.52 bits per heavy atom. The number of hydrogen-bond donors (Lipinski definition) is 2. The average molecular weight is 310 g/mol. The van der Waals surface area contributed by atoms with E-state index >= 15 is 0 Å². The Hall–Kier alpha value is -1.27. The lowest BCUT2D eigenvalue weighted by Gasteiger charge is -2.49. The molecule has 0 aliphatic carbocycles. The van der Waals surface area contributed by atoms with Gasteiger partial charge in [0.25, 0.3) is 0 Å². The van der Waals surface area contributed by atoms with Crippen LogP contribution in [0.15, 0.2) is 23.4 Å². The minimum atomic E-state index is -1.02. The highest BCUT2D eigenvalue weighted by Crippen LogP contribution is 2.40. The first-order valence-corrected chi connectivity index (χ1v) is 8.43. The van der Waals surface area contributed by atoms with Gasteiger partial charge in [0.2, 0.25) is 5.91 Å². The number of rotatable bonds is 7. The van der Waals surface area contributed by atoms with Gasteiger partial charge in [-0.25, -0.2) is 4.79 Å². The summed E-state index contributed by atoms with van der Waals surface area (Å²) in [5, 5.41) is 12.6. The molecule has 5 nitrogen and oxygen atoms in total. The zero-order chi connectivity index (χ0) is 15.4. The number of unbranched alkanes of at least 4 members (excludes halogenated alkanes) is 2. The molecule has 1 fully saturated rings. The fourth-order valence-electron chi connectivity index (χ4n) is 2.66. The predicted molar refractivity (Wildman–Crippen MR) is 83.9 cm³/mol. The van der Waals surface area contributed by atoms with Crippen LogP contribution in [0.1, 0.15) is 33.1 Å². The summed E-state index contributed by atoms with van der Waals surface area (Å²) in [5.41, 5.74) is 0.859. The normalized spacial score (nSPS) is 25.2. The number of thioether (sulfide) groups is 1. The topological polar surface area (TPSA) is 69.6 Å². The van der Waals surface area contributed by atoms with E-state index in [0.29, 0.717) is 11.3 Å². The highest BCUT2D eigenvalue weighted by molar-refractivity contribution is 8.00. The van der Waals surface area contributed by atoms with Crippen molar-refractivity contribution in [3.8, 4) is 0 Å². The van der Waals surface area contributed by atoms with Crippen molar-refractivity contribution in [2.75, 3.05) is 12.3 Å². The molecule has 2 aliphatic rings. The molecular weight excluding hydrogens is 288 g/mol. The van der Waals surface area contributed by atoms with E-state index in [9.17, 15) is 14.7 Å². The highest BCUT2D eigenvalue weighted by Gasteiger charge is 2.52. The second-order valence-electron chi connectivity index (χ2n) is 5.23. The Balaban J connectivity index is 2.06. The number of carbonyl (C=O) groups excluding carboxylic acids is 1. The van der Waals surface area contributed by atoms with Crippen LogP contribution in [0.4, 0.5) is 0 Å². The lowest BCUT2D eigenvalue weighted by Crippen LogP contribution is -2.69. The van der Waals surface area contributed by atoms with Crippen molar-refractivity contribution in [1.29, 1.82) is 0 Å². The van der Waals surface area contributed by atoms with Gasteiger partial charge in [0, 0.05) is 5.75 Å². The van der Waals surface area contributed by atoms with Crippen molar-refractivity contribution in [1.82, 2.24) is 10.2 Å². The van der Waals surface area contributed by atoms with E-state index in [0.717, 1.165) is 25.8 Å². The molecule has 116 valence electrons. The van der Waals surface area contributed by atoms with Crippen LogP contribution in [0.3, 0.4) is 0 Å². The summed E-state index contributed by atoms with van der Waals surface area (Å²) in [6, 6.07) is -0.242. The fourth-order valence-corrected chi connectivity index (χ4v) is 4.01. The molecule has 0 saturated carbocycles. The molecule has 6 heteroatoms. The third-order valence-corrected chi connectivity index (χ3v) is 5.01. The number of carboxylic acid groups (broad SMARTS) is 1. The van der Waals surface area contributed by atoms with Crippen LogP contribution >= 0.6 is 11.8 Å². The lowest BCUT2D eigenvalue weighted by atomic mass is 10.0. The van der Waals surface area contributed by atoms with Gasteiger partial charge < -0.3 is 10.4 Å². The predicted octanol–water partition coefficient (Wildman–Crippen LogP) is 1.96. The van der Waals surface area contributed by atoms with Crippen molar-refractivity contribution in [3.63, 3.8) is 0 Å². The van der Waals surface area contributed by atoms with Crippen LogP contribution in [-0.4, -0.2) is 45.6 Å². The second kappa shape index (κ2) is 7.13. The van der Waals surface area contributed by atoms with E-state index in [-0.39, 0.29) is 23.0 Å². The highest BCUT2D eigenvalue weighted by atomic mass is 32.2. The number of carbonyl (C=O) groups is 2. The minimum Gasteiger partial charge on any atom is -0.477 e. The smallest absolute Gasteiger partial charge is 0.352 e. The van der Waals surface area contributed by atoms with Gasteiger partial charge in [0.1, 0.15) is 17.1 Å². The maximum Gasteiger partial charge on any atom is 0.352 e. The Morgan fingerprint density at radius 3 is 2.90 bits per heavy atom. The maximum atomic E-state index is 12.3. The summed E-state index contributed by atoms with van der Waals surface area (Å²) in [5.74, 6) is -0.512. The maximum absolute atomic E-state index is 12.3. The summed E-state index contributed by atoms with van der Waals surface area (Å²) >= 11 is 1.63. The van der Waals surface area contributed by atoms with Gasteiger partial charge in [0.05, 0.1) is 0 Å². The number of amides is 1. The number of β-lactam (4-membered cyclic amide) rings is 1. The molecule has 0 aromatic rings. The Kier molecular flexibility index (Phi) is 5.47. The first-order valence-electron chi connectivity index (χ1n) is 7.39. The van der Waals surface area contributed by atoms with Gasteiger partial charge in [-0.15, -0.1) is 11.8 Å². The molecule has 1 saturated heterocycles. The van der Waals surface area contributed by atoms with Gasteiger partial charge in [0.15, 0.2) is 0 Å². The summed E-state index contributed by atoms with van der Waals surface area (Å²) < 4.78 is 0. The molecule has 1 unspecified atom stereocenters. The molecule has 21 heavy (non-hydrogen) atoms. The van der Waals surface area contributed by atoms with Crippen LogP contribution in [-0.2, 0) is 9.59 Å². The molecule has 2 atom stereocenters. The number of hydrogen-bond acceptors (Lipinski definition) is 4. The fraction of sp³-hybridized carbons (Fsp3) is 0.600. The summed E-state index contributed by atoms with van der Waals surface area (Å²) in [4.78, 5) is 25.2. The number of allylic oxidation sites excluding steroid dienone is 2. The third kappa shape index (κ3) is 3.16. The van der Waals surface area contributed by atoms with Gasteiger partial charge in [-0.05, 0) is 25.5 Å². The molecule has 2 heterocycles. The van der Waals surface area contributed by atoms with E-state index in [2.05, 4.69) is 12.2 Å². The quantitative estimate of drug-likeness (QED) is 0.556. The summed E-state index contributed by atoms with van der Waals surface area (Å²) in [6.45, 7) is 4.79. The van der Waals surface area contributed by atoms with Crippen molar-refractivity contribution in [3.05, 3.63) is 23.4 Å². The molecule has 2 rings (SSSR count). The standard InChI is InChI=1S/C15H22N2O3S/c1-3-5-6-8-16-11-13(18)17-12(15(19)20)10(7-4-2)9-21-14(11)17/h4,7,11,14,16H,3,5-6,8-9H2,1-2H3,(H,19,20)/b7-4-/t11?,14-/m1/s1. The molecule has 0 aromatic carbocycles. The number of nitrogens with zero attached hydrogens (tertiary/aromatic N) is 1. The SMILES string of the molecule is C/C=C\C1=C(C(=O)O)N2C(=O)C(NCCCCC)[C@H]2SC1. The zero-order valence-electron chi connectivity index (χ0n) is 12.5. The van der Waals surface area contributed by atoms with Crippen LogP contribution in [0, 0.1) is 0 Å². The van der Waals surface area contributed by atoms with Crippen LogP contribution in [0.2, 0.25) is 0 Å². The molecule has 2 N–H and O–H groups in total. The summed E-state index contributed by atoms with van der Waals surface area (Å²) in [6.07, 6.45) is 6.92. The zero-order valence-corrected chi connectivity index (χ0v) is 13.3. The molecular formula is C15H22N2O3S. The van der Waals surface area contributed by atoms with E-state index < -0.39 is 5.97 Å².